The first-order valence-electron chi connectivity index (χ1n) is 7.80. The highest BCUT2D eigenvalue weighted by molar-refractivity contribution is 7.94. The molecular formula is C18H16ClNO4S2. The van der Waals surface area contributed by atoms with E-state index in [9.17, 15) is 13.2 Å². The molecule has 0 atom stereocenters. The number of rotatable bonds is 5. The van der Waals surface area contributed by atoms with E-state index in [0.717, 1.165) is 10.1 Å². The lowest BCUT2D eigenvalue weighted by Gasteiger charge is -2.08. The number of anilines is 1. The molecule has 3 aromatic rings. The van der Waals surface area contributed by atoms with Crippen LogP contribution < -0.4 is 4.72 Å². The number of nitrogens with one attached hydrogen (secondary N) is 1. The summed E-state index contributed by atoms with van der Waals surface area (Å²) in [5.41, 5.74) is 1.39. The highest BCUT2D eigenvalue weighted by Gasteiger charge is 2.22. The molecule has 1 heterocycles. The minimum absolute atomic E-state index is 0.240. The minimum Gasteiger partial charge on any atom is -0.462 e. The highest BCUT2D eigenvalue weighted by Crippen LogP contribution is 2.36. The number of hydrogen-bond acceptors (Lipinski definition) is 5. The Kier molecular flexibility index (Phi) is 5.22. The molecule has 8 heteroatoms. The van der Waals surface area contributed by atoms with Gasteiger partial charge in [0.05, 0.1) is 12.2 Å². The van der Waals surface area contributed by atoms with Crippen molar-refractivity contribution in [3.63, 3.8) is 0 Å². The standard InChI is InChI=1S/C18H16ClNO4S2/c1-3-24-17(21)12-4-7-14(8-5-12)20-26(22,23)18-11(2)15-10-13(19)6-9-16(15)25-18/h4-10,20H,3H2,1-2H3. The summed E-state index contributed by atoms with van der Waals surface area (Å²) in [6.45, 7) is 3.76. The van der Waals surface area contributed by atoms with Crippen molar-refractivity contribution in [3.8, 4) is 0 Å². The van der Waals surface area contributed by atoms with Gasteiger partial charge >= 0.3 is 5.97 Å². The van der Waals surface area contributed by atoms with Crippen molar-refractivity contribution >= 4 is 54.7 Å². The molecule has 3 rings (SSSR count). The van der Waals surface area contributed by atoms with Crippen molar-refractivity contribution in [2.45, 2.75) is 18.1 Å². The number of carbonyl (C=O) groups is 1. The summed E-state index contributed by atoms with van der Waals surface area (Å²) in [4.78, 5) is 11.7. The Labute approximate surface area is 160 Å². The molecule has 0 amide bonds. The number of carbonyl (C=O) groups excluding carboxylic acids is 1. The Morgan fingerprint density at radius 1 is 1.19 bits per heavy atom. The zero-order chi connectivity index (χ0) is 18.9. The molecule has 0 radical (unpaired) electrons. The van der Waals surface area contributed by atoms with Gasteiger partial charge in [-0.25, -0.2) is 13.2 Å². The third-order valence-corrected chi connectivity index (χ3v) is 7.26. The second kappa shape index (κ2) is 7.26. The first-order chi connectivity index (χ1) is 12.3. The van der Waals surface area contributed by atoms with Crippen molar-refractivity contribution in [1.29, 1.82) is 0 Å². The molecule has 0 unspecified atom stereocenters. The van der Waals surface area contributed by atoms with Crippen LogP contribution in [0.2, 0.25) is 5.02 Å². The zero-order valence-electron chi connectivity index (χ0n) is 14.1. The molecule has 136 valence electrons. The van der Waals surface area contributed by atoms with Gasteiger partial charge in [0.25, 0.3) is 10.0 Å². The number of benzene rings is 2. The van der Waals surface area contributed by atoms with E-state index in [1.165, 1.54) is 35.6 Å². The second-order valence-corrected chi connectivity index (χ2v) is 8.92. The second-order valence-electron chi connectivity index (χ2n) is 5.56. The van der Waals surface area contributed by atoms with Gasteiger partial charge in [-0.3, -0.25) is 4.72 Å². The van der Waals surface area contributed by atoms with E-state index in [-0.39, 0.29) is 10.8 Å². The van der Waals surface area contributed by atoms with Gasteiger partial charge in [-0.2, -0.15) is 0 Å². The van der Waals surface area contributed by atoms with Crippen LogP contribution in [-0.4, -0.2) is 21.0 Å². The number of esters is 1. The summed E-state index contributed by atoms with van der Waals surface area (Å²) in [7, 11) is -3.75. The molecule has 1 aromatic heterocycles. The first-order valence-corrected chi connectivity index (χ1v) is 10.5. The molecule has 0 aliphatic carbocycles. The lowest BCUT2D eigenvalue weighted by Crippen LogP contribution is -2.13. The van der Waals surface area contributed by atoms with Crippen molar-refractivity contribution in [3.05, 3.63) is 58.6 Å². The predicted molar refractivity (Wildman–Crippen MR) is 105 cm³/mol. The molecule has 1 N–H and O–H groups in total. The maximum Gasteiger partial charge on any atom is 0.338 e. The Morgan fingerprint density at radius 2 is 1.88 bits per heavy atom. The topological polar surface area (TPSA) is 72.5 Å². The van der Waals surface area contributed by atoms with Crippen molar-refractivity contribution in [2.75, 3.05) is 11.3 Å². The summed E-state index contributed by atoms with van der Waals surface area (Å²) >= 11 is 7.20. The molecule has 0 fully saturated rings. The van der Waals surface area contributed by atoms with Crippen molar-refractivity contribution < 1.29 is 17.9 Å². The normalized spacial score (nSPS) is 11.5. The van der Waals surface area contributed by atoms with Crippen LogP contribution in [0.5, 0.6) is 0 Å². The molecule has 0 saturated heterocycles. The van der Waals surface area contributed by atoms with E-state index >= 15 is 0 Å². The molecule has 0 bridgehead atoms. The smallest absolute Gasteiger partial charge is 0.338 e. The number of halogens is 1. The quantitative estimate of drug-likeness (QED) is 0.612. The van der Waals surface area contributed by atoms with Gasteiger partial charge in [0.15, 0.2) is 0 Å². The molecule has 0 aliphatic heterocycles. The third-order valence-electron chi connectivity index (χ3n) is 3.75. The molecule has 0 aliphatic rings. The number of hydrogen-bond donors (Lipinski definition) is 1. The van der Waals surface area contributed by atoms with Gasteiger partial charge in [-0.1, -0.05) is 11.6 Å². The van der Waals surface area contributed by atoms with Crippen molar-refractivity contribution in [2.24, 2.45) is 0 Å². The van der Waals surface area contributed by atoms with Gasteiger partial charge in [-0.05, 0) is 67.3 Å². The molecule has 26 heavy (non-hydrogen) atoms. The lowest BCUT2D eigenvalue weighted by atomic mass is 10.2. The fourth-order valence-electron chi connectivity index (χ4n) is 2.52. The minimum atomic E-state index is -3.75. The number of ether oxygens (including phenoxy) is 1. The predicted octanol–water partition coefficient (Wildman–Crippen LogP) is 4.84. The average Bonchev–Trinajstić information content (AvgIpc) is 2.93. The van der Waals surface area contributed by atoms with Crippen LogP contribution in [0.15, 0.2) is 46.7 Å². The fraction of sp³-hybridized carbons (Fsp3) is 0.167. The van der Waals surface area contributed by atoms with Crippen LogP contribution in [0.25, 0.3) is 10.1 Å². The monoisotopic (exact) mass is 409 g/mol. The number of aryl methyl sites for hydroxylation is 1. The van der Waals surface area contributed by atoms with Crippen LogP contribution in [0.1, 0.15) is 22.8 Å². The van der Waals surface area contributed by atoms with E-state index in [2.05, 4.69) is 4.72 Å². The van der Waals surface area contributed by atoms with E-state index in [1.54, 1.807) is 26.0 Å². The Bertz CT molecular complexity index is 1070. The largest absolute Gasteiger partial charge is 0.462 e. The van der Waals surface area contributed by atoms with Crippen LogP contribution in [-0.2, 0) is 14.8 Å². The zero-order valence-corrected chi connectivity index (χ0v) is 16.5. The maximum atomic E-state index is 12.8. The van der Waals surface area contributed by atoms with E-state index in [1.807, 2.05) is 6.07 Å². The van der Waals surface area contributed by atoms with Gasteiger partial charge in [0.2, 0.25) is 0 Å². The summed E-state index contributed by atoms with van der Waals surface area (Å²) < 4.78 is 34.1. The summed E-state index contributed by atoms with van der Waals surface area (Å²) in [5.74, 6) is -0.445. The Morgan fingerprint density at radius 3 is 2.54 bits per heavy atom. The fourth-order valence-corrected chi connectivity index (χ4v) is 5.50. The lowest BCUT2D eigenvalue weighted by molar-refractivity contribution is 0.0526. The van der Waals surface area contributed by atoms with Crippen LogP contribution in [0.4, 0.5) is 5.69 Å². The van der Waals surface area contributed by atoms with Gasteiger partial charge < -0.3 is 4.74 Å². The molecule has 5 nitrogen and oxygen atoms in total. The van der Waals surface area contributed by atoms with Crippen LogP contribution in [0.3, 0.4) is 0 Å². The maximum absolute atomic E-state index is 12.8. The van der Waals surface area contributed by atoms with Crippen molar-refractivity contribution in [1.82, 2.24) is 0 Å². The molecule has 0 saturated carbocycles. The van der Waals surface area contributed by atoms with Gasteiger partial charge in [-0.15, -0.1) is 11.3 Å². The van der Waals surface area contributed by atoms with E-state index in [4.69, 9.17) is 16.3 Å². The Balaban J connectivity index is 1.90. The first kappa shape index (κ1) is 18.7. The van der Waals surface area contributed by atoms with Crippen LogP contribution in [0, 0.1) is 6.92 Å². The van der Waals surface area contributed by atoms with Gasteiger partial charge in [0, 0.05) is 15.4 Å². The van der Waals surface area contributed by atoms with Gasteiger partial charge in [0.1, 0.15) is 4.21 Å². The number of sulfonamides is 1. The summed E-state index contributed by atoms with van der Waals surface area (Å²) in [5, 5.41) is 1.38. The highest BCUT2D eigenvalue weighted by atomic mass is 35.5. The number of fused-ring (bicyclic) bond motifs is 1. The third kappa shape index (κ3) is 3.70. The average molecular weight is 410 g/mol. The molecule has 2 aromatic carbocycles. The summed E-state index contributed by atoms with van der Waals surface area (Å²) in [6, 6.07) is 11.4. The molecule has 0 spiro atoms. The Hall–Kier alpha value is -2.09. The number of thiophene rings is 1. The SMILES string of the molecule is CCOC(=O)c1ccc(NS(=O)(=O)c2sc3ccc(Cl)cc3c2C)cc1. The molecular weight excluding hydrogens is 394 g/mol. The van der Waals surface area contributed by atoms with E-state index < -0.39 is 16.0 Å². The summed E-state index contributed by atoms with van der Waals surface area (Å²) in [6.07, 6.45) is 0. The van der Waals surface area contributed by atoms with Crippen LogP contribution >= 0.6 is 22.9 Å². The van der Waals surface area contributed by atoms with E-state index in [0.29, 0.717) is 21.8 Å².